The van der Waals surface area contributed by atoms with Crippen LogP contribution in [0.3, 0.4) is 0 Å². The standard InChI is InChI=1S/C22H25FN6O2S/c1-12(2)17-5-6-24-22(27-17)14-4-3-13(7-14)18-10-21(29-28-18)26-19-8-15-11-25-32(30,31)20(15)9-16(19)23/h5-6,8-10,12-14,25H,3-4,7,11H2,1-2H3,(H2,26,28,29). The number of nitrogens with zero attached hydrogens (tertiary/aromatic N) is 3. The summed E-state index contributed by atoms with van der Waals surface area (Å²) in [6.07, 6.45) is 4.78. The first-order chi connectivity index (χ1) is 15.3. The highest BCUT2D eigenvalue weighted by molar-refractivity contribution is 7.89. The molecule has 0 spiro atoms. The van der Waals surface area contributed by atoms with Gasteiger partial charge >= 0.3 is 0 Å². The van der Waals surface area contributed by atoms with Crippen molar-refractivity contribution in [1.82, 2.24) is 24.9 Å². The van der Waals surface area contributed by atoms with Gasteiger partial charge < -0.3 is 5.32 Å². The lowest BCUT2D eigenvalue weighted by Crippen LogP contribution is -2.13. The van der Waals surface area contributed by atoms with Crippen LogP contribution in [0.1, 0.15) is 73.6 Å². The van der Waals surface area contributed by atoms with E-state index in [2.05, 4.69) is 39.1 Å². The van der Waals surface area contributed by atoms with Crippen LogP contribution >= 0.6 is 0 Å². The first-order valence-corrected chi connectivity index (χ1v) is 12.3. The highest BCUT2D eigenvalue weighted by atomic mass is 32.2. The number of benzene rings is 1. The number of H-pyrrole nitrogens is 1. The average Bonchev–Trinajstić information content (AvgIpc) is 3.49. The molecule has 2 unspecified atom stereocenters. The Morgan fingerprint density at radius 3 is 2.81 bits per heavy atom. The number of rotatable bonds is 5. The Balaban J connectivity index is 1.30. The maximum atomic E-state index is 14.5. The van der Waals surface area contributed by atoms with Crippen molar-refractivity contribution in [2.75, 3.05) is 5.32 Å². The van der Waals surface area contributed by atoms with Crippen molar-refractivity contribution in [1.29, 1.82) is 0 Å². The summed E-state index contributed by atoms with van der Waals surface area (Å²) in [5, 5.41) is 10.3. The molecule has 2 aliphatic rings. The fraction of sp³-hybridized carbons (Fsp3) is 0.409. The van der Waals surface area contributed by atoms with Gasteiger partial charge in [-0.3, -0.25) is 5.10 Å². The average molecular weight is 457 g/mol. The van der Waals surface area contributed by atoms with Crippen LogP contribution in [0.5, 0.6) is 0 Å². The van der Waals surface area contributed by atoms with Gasteiger partial charge in [-0.2, -0.15) is 5.10 Å². The van der Waals surface area contributed by atoms with E-state index >= 15 is 0 Å². The van der Waals surface area contributed by atoms with Crippen molar-refractivity contribution in [3.63, 3.8) is 0 Å². The van der Waals surface area contributed by atoms with Gasteiger partial charge in [-0.25, -0.2) is 27.5 Å². The third-order valence-electron chi connectivity index (χ3n) is 6.28. The Labute approximate surface area is 186 Å². The predicted molar refractivity (Wildman–Crippen MR) is 118 cm³/mol. The highest BCUT2D eigenvalue weighted by Gasteiger charge is 2.31. The molecule has 5 rings (SSSR count). The van der Waals surface area contributed by atoms with Crippen LogP contribution in [-0.4, -0.2) is 28.6 Å². The summed E-state index contributed by atoms with van der Waals surface area (Å²) >= 11 is 0. The molecule has 2 atom stereocenters. The zero-order valence-corrected chi connectivity index (χ0v) is 18.7. The number of fused-ring (bicyclic) bond motifs is 1. The Morgan fingerprint density at radius 2 is 2.00 bits per heavy atom. The van der Waals surface area contributed by atoms with Crippen LogP contribution in [0.25, 0.3) is 0 Å². The largest absolute Gasteiger partial charge is 0.336 e. The molecule has 1 fully saturated rings. The van der Waals surface area contributed by atoms with E-state index in [1.54, 1.807) is 0 Å². The second-order valence-corrected chi connectivity index (χ2v) is 10.5. The Hall–Kier alpha value is -2.85. The summed E-state index contributed by atoms with van der Waals surface area (Å²) in [7, 11) is -3.61. The molecular weight excluding hydrogens is 431 g/mol. The molecular formula is C22H25FN6O2S. The summed E-state index contributed by atoms with van der Waals surface area (Å²) in [4.78, 5) is 9.25. The second-order valence-electron chi connectivity index (χ2n) is 8.80. The summed E-state index contributed by atoms with van der Waals surface area (Å²) in [6.45, 7) is 4.41. The molecule has 0 saturated heterocycles. The number of aromatic amines is 1. The first kappa shape index (κ1) is 21.0. The lowest BCUT2D eigenvalue weighted by atomic mass is 10.0. The van der Waals surface area contributed by atoms with E-state index in [9.17, 15) is 12.8 Å². The minimum Gasteiger partial charge on any atom is -0.336 e. The number of aromatic nitrogens is 4. The van der Waals surface area contributed by atoms with Gasteiger partial charge in [0.1, 0.15) is 11.6 Å². The Bertz CT molecular complexity index is 1270. The molecule has 32 heavy (non-hydrogen) atoms. The maximum absolute atomic E-state index is 14.5. The SMILES string of the molecule is CC(C)c1ccnc(C2CCC(c3cc(Nc4cc5c(cc4F)S(=O)(=O)NC5)n[nH]3)C2)n1. The summed E-state index contributed by atoms with van der Waals surface area (Å²) < 4.78 is 40.7. The molecule has 168 valence electrons. The minimum absolute atomic E-state index is 0.0102. The van der Waals surface area contributed by atoms with E-state index in [-0.39, 0.29) is 17.1 Å². The quantitative estimate of drug-likeness (QED) is 0.534. The fourth-order valence-corrected chi connectivity index (χ4v) is 5.72. The topological polar surface area (TPSA) is 113 Å². The normalized spacial score (nSPS) is 21.8. The minimum atomic E-state index is -3.61. The maximum Gasteiger partial charge on any atom is 0.241 e. The number of anilines is 2. The van der Waals surface area contributed by atoms with E-state index < -0.39 is 15.8 Å². The van der Waals surface area contributed by atoms with Gasteiger partial charge in [0.25, 0.3) is 0 Å². The molecule has 10 heteroatoms. The molecule has 1 aliphatic carbocycles. The zero-order chi connectivity index (χ0) is 22.5. The molecule has 0 radical (unpaired) electrons. The predicted octanol–water partition coefficient (Wildman–Crippen LogP) is 4.05. The third-order valence-corrected chi connectivity index (χ3v) is 7.76. The fourth-order valence-electron chi connectivity index (χ4n) is 4.49. The van der Waals surface area contributed by atoms with Gasteiger partial charge in [-0.05, 0) is 48.9 Å². The monoisotopic (exact) mass is 456 g/mol. The van der Waals surface area contributed by atoms with Crippen molar-refractivity contribution < 1.29 is 12.8 Å². The van der Waals surface area contributed by atoms with Gasteiger partial charge in [0.15, 0.2) is 5.82 Å². The van der Waals surface area contributed by atoms with E-state index in [0.717, 1.165) is 42.5 Å². The third kappa shape index (κ3) is 3.88. The summed E-state index contributed by atoms with van der Waals surface area (Å²) in [5.41, 5.74) is 2.78. The zero-order valence-electron chi connectivity index (χ0n) is 17.9. The lowest BCUT2D eigenvalue weighted by molar-refractivity contribution is 0.587. The van der Waals surface area contributed by atoms with Crippen LogP contribution in [0.4, 0.5) is 15.9 Å². The van der Waals surface area contributed by atoms with Gasteiger partial charge in [-0.15, -0.1) is 0 Å². The Morgan fingerprint density at radius 1 is 1.19 bits per heavy atom. The number of hydrogen-bond donors (Lipinski definition) is 3. The van der Waals surface area contributed by atoms with E-state index in [0.29, 0.717) is 29.1 Å². The van der Waals surface area contributed by atoms with Crippen molar-refractivity contribution in [3.8, 4) is 0 Å². The number of hydrogen-bond acceptors (Lipinski definition) is 6. The second kappa shape index (κ2) is 7.93. The smallest absolute Gasteiger partial charge is 0.241 e. The van der Waals surface area contributed by atoms with Gasteiger partial charge in [0.05, 0.1) is 10.6 Å². The van der Waals surface area contributed by atoms with Crippen LogP contribution in [-0.2, 0) is 16.6 Å². The molecule has 8 nitrogen and oxygen atoms in total. The molecule has 3 heterocycles. The van der Waals surface area contributed by atoms with Crippen molar-refractivity contribution in [2.45, 2.75) is 62.3 Å². The van der Waals surface area contributed by atoms with Crippen LogP contribution in [0, 0.1) is 5.82 Å². The first-order valence-electron chi connectivity index (χ1n) is 10.8. The van der Waals surface area contributed by atoms with Crippen molar-refractivity contribution >= 4 is 21.5 Å². The van der Waals surface area contributed by atoms with Gasteiger partial charge in [-0.1, -0.05) is 13.8 Å². The van der Waals surface area contributed by atoms with E-state index in [1.807, 2.05) is 18.3 Å². The molecule has 2 aromatic heterocycles. The summed E-state index contributed by atoms with van der Waals surface area (Å²) in [5.74, 6) is 1.74. The van der Waals surface area contributed by atoms with Gasteiger partial charge in [0, 0.05) is 42.0 Å². The van der Waals surface area contributed by atoms with Crippen molar-refractivity contribution in [3.05, 3.63) is 59.1 Å². The molecule has 1 aliphatic heterocycles. The van der Waals surface area contributed by atoms with E-state index in [4.69, 9.17) is 4.98 Å². The molecule has 0 bridgehead atoms. The number of nitrogens with one attached hydrogen (secondary N) is 3. The van der Waals surface area contributed by atoms with E-state index in [1.165, 1.54) is 6.07 Å². The molecule has 3 aromatic rings. The van der Waals surface area contributed by atoms with Crippen LogP contribution < -0.4 is 10.0 Å². The lowest BCUT2D eigenvalue weighted by Gasteiger charge is -2.11. The molecule has 3 N–H and O–H groups in total. The van der Waals surface area contributed by atoms with Crippen LogP contribution in [0.15, 0.2) is 35.4 Å². The highest BCUT2D eigenvalue weighted by Crippen LogP contribution is 2.42. The molecule has 1 aromatic carbocycles. The van der Waals surface area contributed by atoms with Gasteiger partial charge in [0.2, 0.25) is 10.0 Å². The molecule has 0 amide bonds. The number of halogens is 1. The number of sulfonamides is 1. The molecule has 1 saturated carbocycles. The Kier molecular flexibility index (Phi) is 5.21. The van der Waals surface area contributed by atoms with Crippen LogP contribution in [0.2, 0.25) is 0 Å². The van der Waals surface area contributed by atoms with Crippen molar-refractivity contribution in [2.24, 2.45) is 0 Å². The summed E-state index contributed by atoms with van der Waals surface area (Å²) in [6, 6.07) is 6.42.